The van der Waals surface area contributed by atoms with Crippen LogP contribution in [0.2, 0.25) is 0 Å². The largest absolute Gasteiger partial charge is 0.337 e. The number of H-pyrrole nitrogens is 1. The smallest absolute Gasteiger partial charge is 0.315 e. The third-order valence-corrected chi connectivity index (χ3v) is 2.88. The van der Waals surface area contributed by atoms with Crippen LogP contribution >= 0.6 is 0 Å². The molecule has 0 aliphatic carbocycles. The minimum atomic E-state index is -2.90. The van der Waals surface area contributed by atoms with Gasteiger partial charge >= 0.3 is 6.43 Å². The zero-order chi connectivity index (χ0) is 11.5. The average molecular weight is 229 g/mol. The van der Waals surface area contributed by atoms with Gasteiger partial charge in [0.1, 0.15) is 0 Å². The second-order valence-corrected chi connectivity index (χ2v) is 3.94. The van der Waals surface area contributed by atoms with Gasteiger partial charge in [-0.05, 0) is 18.9 Å². The van der Waals surface area contributed by atoms with Crippen LogP contribution < -0.4 is 0 Å². The van der Waals surface area contributed by atoms with Crippen LogP contribution in [0.25, 0.3) is 0 Å². The summed E-state index contributed by atoms with van der Waals surface area (Å²) in [6, 6.07) is 1.82. The quantitative estimate of drug-likeness (QED) is 0.832. The Balaban J connectivity index is 2.02. The maximum Gasteiger partial charge on any atom is 0.315 e. The SMILES string of the molecule is O=C(C(F)F)N1CCCC(c2ccn[nH]2)C1. The Morgan fingerprint density at radius 2 is 2.44 bits per heavy atom. The van der Waals surface area contributed by atoms with Crippen LogP contribution in [0, 0.1) is 0 Å². The first-order chi connectivity index (χ1) is 7.68. The van der Waals surface area contributed by atoms with Crippen LogP contribution in [-0.4, -0.2) is 40.5 Å². The predicted molar refractivity (Wildman–Crippen MR) is 53.1 cm³/mol. The Labute approximate surface area is 91.6 Å². The first-order valence-electron chi connectivity index (χ1n) is 5.24. The van der Waals surface area contributed by atoms with Gasteiger partial charge in [-0.3, -0.25) is 9.89 Å². The van der Waals surface area contributed by atoms with Crippen molar-refractivity contribution in [1.82, 2.24) is 15.1 Å². The number of aromatic nitrogens is 2. The molecular formula is C10H13F2N3O. The highest BCUT2D eigenvalue weighted by atomic mass is 19.3. The number of hydrogen-bond acceptors (Lipinski definition) is 2. The van der Waals surface area contributed by atoms with E-state index in [9.17, 15) is 13.6 Å². The molecule has 0 spiro atoms. The van der Waals surface area contributed by atoms with E-state index in [2.05, 4.69) is 10.2 Å². The maximum absolute atomic E-state index is 12.3. The molecule has 2 rings (SSSR count). The molecular weight excluding hydrogens is 216 g/mol. The van der Waals surface area contributed by atoms with Crippen LogP contribution in [0.3, 0.4) is 0 Å². The number of aromatic amines is 1. The lowest BCUT2D eigenvalue weighted by Crippen LogP contribution is -2.42. The van der Waals surface area contributed by atoms with Crippen molar-refractivity contribution in [2.24, 2.45) is 0 Å². The molecule has 1 atom stereocenters. The average Bonchev–Trinajstić information content (AvgIpc) is 2.81. The minimum absolute atomic E-state index is 0.0962. The van der Waals surface area contributed by atoms with Crippen molar-refractivity contribution >= 4 is 5.91 Å². The summed E-state index contributed by atoms with van der Waals surface area (Å²) in [5.74, 6) is -0.969. The molecule has 1 N–H and O–H groups in total. The summed E-state index contributed by atoms with van der Waals surface area (Å²) in [6.07, 6.45) is 0.376. The van der Waals surface area contributed by atoms with E-state index in [4.69, 9.17) is 0 Å². The molecule has 2 heterocycles. The molecule has 88 valence electrons. The number of carbonyl (C=O) groups excluding carboxylic acids is 1. The highest BCUT2D eigenvalue weighted by Gasteiger charge is 2.29. The van der Waals surface area contributed by atoms with Gasteiger partial charge in [0.2, 0.25) is 0 Å². The molecule has 1 aliphatic heterocycles. The summed E-state index contributed by atoms with van der Waals surface area (Å²) in [6.45, 7) is 0.777. The molecule has 0 radical (unpaired) electrons. The van der Waals surface area contributed by atoms with Crippen LogP contribution in [-0.2, 0) is 4.79 Å². The predicted octanol–water partition coefficient (Wildman–Crippen LogP) is 1.38. The Morgan fingerprint density at radius 1 is 1.62 bits per heavy atom. The number of alkyl halides is 2. The van der Waals surface area contributed by atoms with Crippen molar-refractivity contribution < 1.29 is 13.6 Å². The minimum Gasteiger partial charge on any atom is -0.337 e. The Morgan fingerprint density at radius 3 is 3.06 bits per heavy atom. The number of amides is 1. The highest BCUT2D eigenvalue weighted by molar-refractivity contribution is 5.79. The van der Waals surface area contributed by atoms with Gasteiger partial charge < -0.3 is 4.90 Å². The Hall–Kier alpha value is -1.46. The standard InChI is InChI=1S/C10H13F2N3O/c11-9(12)10(16)15-5-1-2-7(6-15)8-3-4-13-14-8/h3-4,7,9H,1-2,5-6H2,(H,13,14). The fourth-order valence-corrected chi connectivity index (χ4v) is 2.06. The molecule has 6 heteroatoms. The van der Waals surface area contributed by atoms with E-state index in [1.54, 1.807) is 6.20 Å². The summed E-state index contributed by atoms with van der Waals surface area (Å²) < 4.78 is 24.5. The molecule has 1 unspecified atom stereocenters. The van der Waals surface area contributed by atoms with Crippen molar-refractivity contribution in [3.63, 3.8) is 0 Å². The lowest BCUT2D eigenvalue weighted by atomic mass is 9.95. The first kappa shape index (κ1) is 11.0. The Kier molecular flexibility index (Phi) is 3.17. The number of halogens is 2. The van der Waals surface area contributed by atoms with Gasteiger partial charge in [0.25, 0.3) is 5.91 Å². The van der Waals surface area contributed by atoms with Crippen molar-refractivity contribution in [2.75, 3.05) is 13.1 Å². The van der Waals surface area contributed by atoms with Crippen LogP contribution in [0.5, 0.6) is 0 Å². The van der Waals surface area contributed by atoms with Crippen molar-refractivity contribution in [3.05, 3.63) is 18.0 Å². The molecule has 0 aromatic carbocycles. The second kappa shape index (κ2) is 4.59. The van der Waals surface area contributed by atoms with E-state index < -0.39 is 12.3 Å². The van der Waals surface area contributed by atoms with Gasteiger partial charge in [0.15, 0.2) is 0 Å². The molecule has 1 aliphatic rings. The van der Waals surface area contributed by atoms with Gasteiger partial charge in [0.05, 0.1) is 0 Å². The number of piperidine rings is 1. The third kappa shape index (κ3) is 2.20. The van der Waals surface area contributed by atoms with Gasteiger partial charge in [-0.25, -0.2) is 0 Å². The third-order valence-electron chi connectivity index (χ3n) is 2.88. The zero-order valence-corrected chi connectivity index (χ0v) is 8.70. The number of nitrogens with one attached hydrogen (secondary N) is 1. The van der Waals surface area contributed by atoms with E-state index in [0.29, 0.717) is 13.1 Å². The van der Waals surface area contributed by atoms with Gasteiger partial charge in [0, 0.05) is 30.9 Å². The maximum atomic E-state index is 12.3. The lowest BCUT2D eigenvalue weighted by Gasteiger charge is -2.31. The van der Waals surface area contributed by atoms with Crippen molar-refractivity contribution in [2.45, 2.75) is 25.2 Å². The molecule has 4 nitrogen and oxygen atoms in total. The summed E-state index contributed by atoms with van der Waals surface area (Å²) >= 11 is 0. The molecule has 1 aromatic rings. The molecule has 0 saturated carbocycles. The van der Waals surface area contributed by atoms with E-state index in [0.717, 1.165) is 18.5 Å². The van der Waals surface area contributed by atoms with Gasteiger partial charge in [-0.1, -0.05) is 0 Å². The van der Waals surface area contributed by atoms with Crippen molar-refractivity contribution in [3.8, 4) is 0 Å². The number of hydrogen-bond donors (Lipinski definition) is 1. The fourth-order valence-electron chi connectivity index (χ4n) is 2.06. The lowest BCUT2D eigenvalue weighted by molar-refractivity contribution is -0.144. The van der Waals surface area contributed by atoms with E-state index >= 15 is 0 Å². The number of likely N-dealkylation sites (tertiary alicyclic amines) is 1. The molecule has 1 amide bonds. The van der Waals surface area contributed by atoms with Crippen LogP contribution in [0.4, 0.5) is 8.78 Å². The summed E-state index contributed by atoms with van der Waals surface area (Å²) in [5, 5.41) is 6.65. The molecule has 1 saturated heterocycles. The molecule has 16 heavy (non-hydrogen) atoms. The topological polar surface area (TPSA) is 49.0 Å². The number of nitrogens with zero attached hydrogens (tertiary/aromatic N) is 2. The zero-order valence-electron chi connectivity index (χ0n) is 8.70. The molecule has 1 aromatic heterocycles. The highest BCUT2D eigenvalue weighted by Crippen LogP contribution is 2.25. The van der Waals surface area contributed by atoms with Crippen LogP contribution in [0.1, 0.15) is 24.5 Å². The second-order valence-electron chi connectivity index (χ2n) is 3.94. The van der Waals surface area contributed by atoms with E-state index in [1.165, 1.54) is 4.90 Å². The number of carbonyl (C=O) groups is 1. The summed E-state index contributed by atoms with van der Waals surface area (Å²) in [7, 11) is 0. The van der Waals surface area contributed by atoms with E-state index in [1.807, 2.05) is 6.07 Å². The summed E-state index contributed by atoms with van der Waals surface area (Å²) in [4.78, 5) is 12.4. The fraction of sp³-hybridized carbons (Fsp3) is 0.600. The molecule has 1 fully saturated rings. The normalized spacial score (nSPS) is 21.4. The van der Waals surface area contributed by atoms with Gasteiger partial charge in [-0.15, -0.1) is 0 Å². The Bertz CT molecular complexity index is 353. The van der Waals surface area contributed by atoms with Crippen molar-refractivity contribution in [1.29, 1.82) is 0 Å². The van der Waals surface area contributed by atoms with E-state index in [-0.39, 0.29) is 5.92 Å². The number of rotatable bonds is 2. The molecule has 0 bridgehead atoms. The summed E-state index contributed by atoms with van der Waals surface area (Å²) in [5.41, 5.74) is 0.909. The monoisotopic (exact) mass is 229 g/mol. The van der Waals surface area contributed by atoms with Crippen LogP contribution in [0.15, 0.2) is 12.3 Å². The van der Waals surface area contributed by atoms with Gasteiger partial charge in [-0.2, -0.15) is 13.9 Å². The first-order valence-corrected chi connectivity index (χ1v) is 5.24.